The average Bonchev–Trinajstić information content (AvgIpc) is 2.67. The van der Waals surface area contributed by atoms with Crippen LogP contribution in [-0.4, -0.2) is 20.2 Å². The highest BCUT2D eigenvalue weighted by atomic mass is 35.5. The largest absolute Gasteiger partial charge is 0.496 e. The topological polar surface area (TPSA) is 59.3 Å². The fourth-order valence-electron chi connectivity index (χ4n) is 2.63. The monoisotopic (exact) mass is 369 g/mol. The van der Waals surface area contributed by atoms with Gasteiger partial charge in [0.15, 0.2) is 0 Å². The molecule has 0 saturated carbocycles. The zero-order chi connectivity index (χ0) is 18.9. The van der Waals surface area contributed by atoms with Crippen molar-refractivity contribution in [2.24, 2.45) is 0 Å². The van der Waals surface area contributed by atoms with Gasteiger partial charge in [0.2, 0.25) is 0 Å². The SMILES string of the molecule is COC(=O)CCC/C=C(/c1cccc(C#N)c1)c1cc(Cl)ccc1OC. The van der Waals surface area contributed by atoms with E-state index in [9.17, 15) is 10.1 Å². The van der Waals surface area contributed by atoms with Crippen molar-refractivity contribution in [3.8, 4) is 11.8 Å². The maximum atomic E-state index is 11.3. The highest BCUT2D eigenvalue weighted by Crippen LogP contribution is 2.34. The van der Waals surface area contributed by atoms with Gasteiger partial charge < -0.3 is 9.47 Å². The third kappa shape index (κ3) is 5.11. The Morgan fingerprint density at radius 2 is 2.04 bits per heavy atom. The third-order valence-electron chi connectivity index (χ3n) is 3.92. The van der Waals surface area contributed by atoms with Crippen LogP contribution in [0.5, 0.6) is 5.75 Å². The Hall–Kier alpha value is -2.77. The van der Waals surface area contributed by atoms with Crippen molar-refractivity contribution >= 4 is 23.1 Å². The zero-order valence-electron chi connectivity index (χ0n) is 14.8. The van der Waals surface area contributed by atoms with Crippen LogP contribution < -0.4 is 4.74 Å². The second-order valence-electron chi connectivity index (χ2n) is 5.62. The van der Waals surface area contributed by atoms with Gasteiger partial charge in [-0.1, -0.05) is 29.8 Å². The van der Waals surface area contributed by atoms with E-state index < -0.39 is 0 Å². The molecule has 0 heterocycles. The van der Waals surface area contributed by atoms with Crippen molar-refractivity contribution in [3.63, 3.8) is 0 Å². The number of nitrogens with zero attached hydrogens (tertiary/aromatic N) is 1. The number of benzene rings is 2. The average molecular weight is 370 g/mol. The number of esters is 1. The number of nitriles is 1. The molecule has 0 saturated heterocycles. The lowest BCUT2D eigenvalue weighted by Gasteiger charge is -2.14. The lowest BCUT2D eigenvalue weighted by molar-refractivity contribution is -0.140. The molecular formula is C21H20ClNO3. The lowest BCUT2D eigenvalue weighted by Crippen LogP contribution is -1.99. The van der Waals surface area contributed by atoms with Crippen molar-refractivity contribution < 1.29 is 14.3 Å². The fourth-order valence-corrected chi connectivity index (χ4v) is 2.80. The van der Waals surface area contributed by atoms with E-state index in [1.54, 1.807) is 19.2 Å². The lowest BCUT2D eigenvalue weighted by atomic mass is 9.94. The second kappa shape index (κ2) is 9.65. The Kier molecular flexibility index (Phi) is 7.25. The molecule has 5 heteroatoms. The van der Waals surface area contributed by atoms with Crippen LogP contribution in [0.15, 0.2) is 48.5 Å². The summed E-state index contributed by atoms with van der Waals surface area (Å²) in [5.41, 5.74) is 3.21. The number of methoxy groups -OCH3 is 2. The van der Waals surface area contributed by atoms with Gasteiger partial charge in [0, 0.05) is 17.0 Å². The molecule has 0 aliphatic carbocycles. The highest BCUT2D eigenvalue weighted by molar-refractivity contribution is 6.30. The van der Waals surface area contributed by atoms with Gasteiger partial charge in [0.25, 0.3) is 0 Å². The Bertz CT molecular complexity index is 853. The zero-order valence-corrected chi connectivity index (χ0v) is 15.5. The van der Waals surface area contributed by atoms with Crippen molar-refractivity contribution in [1.29, 1.82) is 5.26 Å². The molecule has 0 fully saturated rings. The molecule has 0 radical (unpaired) electrons. The minimum atomic E-state index is -0.230. The van der Waals surface area contributed by atoms with Crippen LogP contribution in [0, 0.1) is 11.3 Å². The maximum Gasteiger partial charge on any atom is 0.305 e. The highest BCUT2D eigenvalue weighted by Gasteiger charge is 2.12. The van der Waals surface area contributed by atoms with E-state index in [0.717, 1.165) is 16.7 Å². The molecule has 134 valence electrons. The molecule has 0 N–H and O–H groups in total. The Morgan fingerprint density at radius 3 is 2.73 bits per heavy atom. The number of carbonyl (C=O) groups excluding carboxylic acids is 1. The number of ether oxygens (including phenoxy) is 2. The maximum absolute atomic E-state index is 11.3. The van der Waals surface area contributed by atoms with E-state index in [1.807, 2.05) is 36.4 Å². The van der Waals surface area contributed by atoms with Crippen LogP contribution >= 0.6 is 11.6 Å². The molecule has 0 atom stereocenters. The van der Waals surface area contributed by atoms with E-state index in [-0.39, 0.29) is 5.97 Å². The molecule has 0 aliphatic rings. The molecule has 26 heavy (non-hydrogen) atoms. The quantitative estimate of drug-likeness (QED) is 0.509. The van der Waals surface area contributed by atoms with Gasteiger partial charge in [0.05, 0.1) is 25.9 Å². The van der Waals surface area contributed by atoms with Gasteiger partial charge in [-0.2, -0.15) is 5.26 Å². The van der Waals surface area contributed by atoms with Crippen molar-refractivity contribution in [1.82, 2.24) is 0 Å². The molecule has 2 aromatic carbocycles. The van der Waals surface area contributed by atoms with Crippen LogP contribution in [0.4, 0.5) is 0 Å². The van der Waals surface area contributed by atoms with Gasteiger partial charge in [0.1, 0.15) is 5.75 Å². The van der Waals surface area contributed by atoms with Crippen molar-refractivity contribution in [2.45, 2.75) is 19.3 Å². The summed E-state index contributed by atoms with van der Waals surface area (Å²) in [4.78, 5) is 11.3. The van der Waals surface area contributed by atoms with Crippen LogP contribution in [0.3, 0.4) is 0 Å². The minimum Gasteiger partial charge on any atom is -0.496 e. The van der Waals surface area contributed by atoms with Gasteiger partial charge in [-0.3, -0.25) is 4.79 Å². The van der Waals surface area contributed by atoms with Crippen molar-refractivity contribution in [2.75, 3.05) is 14.2 Å². The summed E-state index contributed by atoms with van der Waals surface area (Å²) in [5.74, 6) is 0.461. The summed E-state index contributed by atoms with van der Waals surface area (Å²) < 4.78 is 10.2. The number of hydrogen-bond donors (Lipinski definition) is 0. The molecule has 0 aliphatic heterocycles. The number of hydrogen-bond acceptors (Lipinski definition) is 4. The van der Waals surface area contributed by atoms with E-state index in [1.165, 1.54) is 7.11 Å². The Labute approximate surface area is 158 Å². The summed E-state index contributed by atoms with van der Waals surface area (Å²) in [6, 6.07) is 14.9. The van der Waals surface area contributed by atoms with E-state index >= 15 is 0 Å². The second-order valence-corrected chi connectivity index (χ2v) is 6.06. The molecule has 0 aromatic heterocycles. The van der Waals surface area contributed by atoms with Gasteiger partial charge in [-0.05, 0) is 54.3 Å². The van der Waals surface area contributed by atoms with Gasteiger partial charge in [-0.25, -0.2) is 0 Å². The van der Waals surface area contributed by atoms with Crippen LogP contribution in [0.2, 0.25) is 5.02 Å². The predicted molar refractivity (Wildman–Crippen MR) is 102 cm³/mol. The summed E-state index contributed by atoms with van der Waals surface area (Å²) in [5, 5.41) is 9.79. The molecule has 2 aromatic rings. The number of unbranched alkanes of at least 4 members (excludes halogenated alkanes) is 1. The van der Waals surface area contributed by atoms with Crippen LogP contribution in [-0.2, 0) is 9.53 Å². The summed E-state index contributed by atoms with van der Waals surface area (Å²) >= 11 is 6.19. The molecule has 2 rings (SSSR count). The Balaban J connectivity index is 2.43. The number of allylic oxidation sites excluding steroid dienone is 1. The summed E-state index contributed by atoms with van der Waals surface area (Å²) in [6.07, 6.45) is 3.73. The molecule has 0 amide bonds. The first kappa shape index (κ1) is 19.6. The first-order chi connectivity index (χ1) is 12.6. The normalized spacial score (nSPS) is 10.9. The van der Waals surface area contributed by atoms with Crippen LogP contribution in [0.25, 0.3) is 5.57 Å². The fraction of sp³-hybridized carbons (Fsp3) is 0.238. The molecular weight excluding hydrogens is 350 g/mol. The summed E-state index contributed by atoms with van der Waals surface area (Å²) in [7, 11) is 2.99. The molecule has 0 bridgehead atoms. The van der Waals surface area contributed by atoms with Crippen molar-refractivity contribution in [3.05, 3.63) is 70.3 Å². The first-order valence-corrected chi connectivity index (χ1v) is 8.58. The minimum absolute atomic E-state index is 0.230. The van der Waals surface area contributed by atoms with Crippen LogP contribution in [0.1, 0.15) is 36.0 Å². The standard InChI is InChI=1S/C21H20ClNO3/c1-25-20-11-10-17(22)13-19(20)18(8-3-4-9-21(24)26-2)16-7-5-6-15(12-16)14-23/h5-8,10-13H,3-4,9H2,1-2H3/b18-8-. The smallest absolute Gasteiger partial charge is 0.305 e. The number of rotatable bonds is 7. The molecule has 4 nitrogen and oxygen atoms in total. The van der Waals surface area contributed by atoms with E-state index in [2.05, 4.69) is 10.8 Å². The van der Waals surface area contributed by atoms with Gasteiger partial charge in [-0.15, -0.1) is 0 Å². The Morgan fingerprint density at radius 1 is 1.23 bits per heavy atom. The number of carbonyl (C=O) groups is 1. The predicted octanol–water partition coefficient (Wildman–Crippen LogP) is 5.00. The summed E-state index contributed by atoms with van der Waals surface area (Å²) in [6.45, 7) is 0. The molecule has 0 spiro atoms. The molecule has 0 unspecified atom stereocenters. The van der Waals surface area contributed by atoms with E-state index in [0.29, 0.717) is 35.6 Å². The third-order valence-corrected chi connectivity index (χ3v) is 4.15. The number of halogens is 1. The van der Waals surface area contributed by atoms with E-state index in [4.69, 9.17) is 16.3 Å². The van der Waals surface area contributed by atoms with Gasteiger partial charge >= 0.3 is 5.97 Å². The first-order valence-electron chi connectivity index (χ1n) is 8.20.